The molecule has 0 bridgehead atoms. The van der Waals surface area contributed by atoms with Gasteiger partial charge in [0.2, 0.25) is 5.91 Å². The van der Waals surface area contributed by atoms with Crippen LogP contribution in [0.15, 0.2) is 24.3 Å². The van der Waals surface area contributed by atoms with Crippen LogP contribution in [0.4, 0.5) is 0 Å². The fraction of sp³-hybridized carbons (Fsp3) is 0.562. The maximum Gasteiger partial charge on any atom is 0.219 e. The van der Waals surface area contributed by atoms with Crippen LogP contribution in [0.5, 0.6) is 0 Å². The number of likely N-dealkylation sites (tertiary alicyclic amines) is 1. The Morgan fingerprint density at radius 1 is 1.35 bits per heavy atom. The summed E-state index contributed by atoms with van der Waals surface area (Å²) in [6.07, 6.45) is 3.10. The van der Waals surface area contributed by atoms with Crippen LogP contribution in [0.25, 0.3) is 0 Å². The molecule has 0 radical (unpaired) electrons. The summed E-state index contributed by atoms with van der Waals surface area (Å²) in [5, 5.41) is 4.45. The normalized spacial score (nSPS) is 18.1. The summed E-state index contributed by atoms with van der Waals surface area (Å²) < 4.78 is 0. The fourth-order valence-electron chi connectivity index (χ4n) is 2.80. The molecular formula is C16H23ClN2O. The first-order chi connectivity index (χ1) is 9.54. The number of amides is 1. The van der Waals surface area contributed by atoms with E-state index in [4.69, 9.17) is 11.6 Å². The molecule has 20 heavy (non-hydrogen) atoms. The van der Waals surface area contributed by atoms with Gasteiger partial charge in [0, 0.05) is 37.1 Å². The first kappa shape index (κ1) is 15.3. The maximum atomic E-state index is 11.3. The third-order valence-electron chi connectivity index (χ3n) is 3.92. The molecule has 0 saturated carbocycles. The molecule has 1 aliphatic rings. The van der Waals surface area contributed by atoms with E-state index in [1.807, 2.05) is 17.0 Å². The highest BCUT2D eigenvalue weighted by atomic mass is 35.5. The lowest BCUT2D eigenvalue weighted by atomic mass is 10.0. The number of halogens is 1. The molecule has 0 spiro atoms. The second-order valence-electron chi connectivity index (χ2n) is 5.68. The minimum absolute atomic E-state index is 0.192. The van der Waals surface area contributed by atoms with E-state index in [1.54, 1.807) is 6.92 Å². The van der Waals surface area contributed by atoms with Gasteiger partial charge in [-0.05, 0) is 43.9 Å². The number of nitrogens with zero attached hydrogens (tertiary/aromatic N) is 1. The Morgan fingerprint density at radius 2 is 1.95 bits per heavy atom. The molecule has 3 nitrogen and oxygen atoms in total. The summed E-state index contributed by atoms with van der Waals surface area (Å²) in [6.45, 7) is 5.62. The molecule has 1 saturated heterocycles. The van der Waals surface area contributed by atoms with Gasteiger partial charge in [0.25, 0.3) is 0 Å². The molecule has 1 heterocycles. The summed E-state index contributed by atoms with van der Waals surface area (Å²) in [7, 11) is 0. The lowest BCUT2D eigenvalue weighted by Gasteiger charge is -2.33. The van der Waals surface area contributed by atoms with E-state index in [-0.39, 0.29) is 5.91 Å². The van der Waals surface area contributed by atoms with Crippen LogP contribution in [0.1, 0.15) is 32.3 Å². The predicted octanol–water partition coefficient (Wildman–Crippen LogP) is 2.87. The van der Waals surface area contributed by atoms with Crippen molar-refractivity contribution in [1.82, 2.24) is 10.2 Å². The molecule has 1 aliphatic heterocycles. The lowest BCUT2D eigenvalue weighted by Crippen LogP contribution is -2.47. The van der Waals surface area contributed by atoms with Crippen LogP contribution in [0.2, 0.25) is 5.02 Å². The highest BCUT2D eigenvalue weighted by molar-refractivity contribution is 6.30. The molecule has 1 aromatic carbocycles. The van der Waals surface area contributed by atoms with Gasteiger partial charge in [-0.3, -0.25) is 4.79 Å². The minimum Gasteiger partial charge on any atom is -0.343 e. The topological polar surface area (TPSA) is 32.3 Å². The van der Waals surface area contributed by atoms with Crippen LogP contribution in [-0.2, 0) is 11.2 Å². The Kier molecular flexibility index (Phi) is 5.44. The Hall–Kier alpha value is -1.06. The Bertz CT molecular complexity index is 438. The van der Waals surface area contributed by atoms with Crippen molar-refractivity contribution in [3.8, 4) is 0 Å². The molecule has 0 aliphatic carbocycles. The van der Waals surface area contributed by atoms with E-state index >= 15 is 0 Å². The molecule has 1 unspecified atom stereocenters. The molecule has 1 amide bonds. The van der Waals surface area contributed by atoms with Crippen LogP contribution in [0, 0.1) is 0 Å². The zero-order valence-electron chi connectivity index (χ0n) is 12.2. The molecular weight excluding hydrogens is 272 g/mol. The van der Waals surface area contributed by atoms with Crippen molar-refractivity contribution in [2.24, 2.45) is 0 Å². The van der Waals surface area contributed by atoms with Gasteiger partial charge in [-0.2, -0.15) is 0 Å². The molecule has 1 N–H and O–H groups in total. The van der Waals surface area contributed by atoms with Crippen molar-refractivity contribution in [3.63, 3.8) is 0 Å². The van der Waals surface area contributed by atoms with Gasteiger partial charge >= 0.3 is 0 Å². The number of benzene rings is 1. The van der Waals surface area contributed by atoms with Gasteiger partial charge in [-0.15, -0.1) is 0 Å². The number of carbonyl (C=O) groups excluding carboxylic acids is 1. The average Bonchev–Trinajstić information content (AvgIpc) is 2.42. The van der Waals surface area contributed by atoms with Gasteiger partial charge in [-0.25, -0.2) is 0 Å². The quantitative estimate of drug-likeness (QED) is 0.926. The number of hydrogen-bond donors (Lipinski definition) is 1. The van der Waals surface area contributed by atoms with Crippen molar-refractivity contribution >= 4 is 17.5 Å². The molecule has 4 heteroatoms. The predicted molar refractivity (Wildman–Crippen MR) is 83.0 cm³/mol. The summed E-state index contributed by atoms with van der Waals surface area (Å²) in [5.74, 6) is 0.192. The molecule has 0 aromatic heterocycles. The minimum atomic E-state index is 0.192. The highest BCUT2D eigenvalue weighted by Crippen LogP contribution is 2.14. The zero-order chi connectivity index (χ0) is 14.5. The third-order valence-corrected chi connectivity index (χ3v) is 4.17. The van der Waals surface area contributed by atoms with E-state index in [2.05, 4.69) is 24.4 Å². The van der Waals surface area contributed by atoms with Crippen LogP contribution < -0.4 is 5.32 Å². The summed E-state index contributed by atoms with van der Waals surface area (Å²) in [6, 6.07) is 9.00. The van der Waals surface area contributed by atoms with E-state index in [0.29, 0.717) is 12.1 Å². The van der Waals surface area contributed by atoms with Gasteiger partial charge in [-0.1, -0.05) is 23.7 Å². The van der Waals surface area contributed by atoms with E-state index in [9.17, 15) is 4.79 Å². The van der Waals surface area contributed by atoms with Crippen molar-refractivity contribution in [3.05, 3.63) is 34.9 Å². The summed E-state index contributed by atoms with van der Waals surface area (Å²) in [4.78, 5) is 13.2. The smallest absolute Gasteiger partial charge is 0.219 e. The van der Waals surface area contributed by atoms with Gasteiger partial charge < -0.3 is 10.2 Å². The monoisotopic (exact) mass is 294 g/mol. The fourth-order valence-corrected chi connectivity index (χ4v) is 2.92. The van der Waals surface area contributed by atoms with Crippen molar-refractivity contribution < 1.29 is 4.79 Å². The van der Waals surface area contributed by atoms with E-state index in [0.717, 1.165) is 37.4 Å². The number of rotatable bonds is 4. The van der Waals surface area contributed by atoms with Crippen LogP contribution in [-0.4, -0.2) is 36.0 Å². The first-order valence-electron chi connectivity index (χ1n) is 7.30. The average molecular weight is 295 g/mol. The number of piperidine rings is 1. The Balaban J connectivity index is 1.76. The maximum absolute atomic E-state index is 11.3. The van der Waals surface area contributed by atoms with Crippen LogP contribution in [0.3, 0.4) is 0 Å². The van der Waals surface area contributed by atoms with Crippen molar-refractivity contribution in [1.29, 1.82) is 0 Å². The van der Waals surface area contributed by atoms with Crippen LogP contribution >= 0.6 is 11.6 Å². The molecule has 1 fully saturated rings. The number of carbonyl (C=O) groups is 1. The standard InChI is InChI=1S/C16H23ClN2O/c1-12(11-14-3-5-15(17)6-4-14)18-16-7-9-19(10-8-16)13(2)20/h3-6,12,16,18H,7-11H2,1-2H3. The van der Waals surface area contributed by atoms with E-state index in [1.165, 1.54) is 5.56 Å². The van der Waals surface area contributed by atoms with Gasteiger partial charge in [0.1, 0.15) is 0 Å². The second kappa shape index (κ2) is 7.09. The number of hydrogen-bond acceptors (Lipinski definition) is 2. The Morgan fingerprint density at radius 3 is 2.50 bits per heavy atom. The van der Waals surface area contributed by atoms with Gasteiger partial charge in [0.05, 0.1) is 0 Å². The molecule has 1 atom stereocenters. The summed E-state index contributed by atoms with van der Waals surface area (Å²) >= 11 is 5.90. The summed E-state index contributed by atoms with van der Waals surface area (Å²) in [5.41, 5.74) is 1.30. The first-order valence-corrected chi connectivity index (χ1v) is 7.68. The zero-order valence-corrected chi connectivity index (χ0v) is 13.0. The molecule has 110 valence electrons. The molecule has 2 rings (SSSR count). The van der Waals surface area contributed by atoms with Crippen molar-refractivity contribution in [2.75, 3.05) is 13.1 Å². The van der Waals surface area contributed by atoms with Gasteiger partial charge in [0.15, 0.2) is 0 Å². The SMILES string of the molecule is CC(=O)N1CCC(NC(C)Cc2ccc(Cl)cc2)CC1. The largest absolute Gasteiger partial charge is 0.343 e. The van der Waals surface area contributed by atoms with Crippen molar-refractivity contribution in [2.45, 2.75) is 45.2 Å². The number of nitrogens with one attached hydrogen (secondary N) is 1. The molecule has 1 aromatic rings. The third kappa shape index (κ3) is 4.50. The Labute approximate surface area is 126 Å². The van der Waals surface area contributed by atoms with E-state index < -0.39 is 0 Å². The second-order valence-corrected chi connectivity index (χ2v) is 6.12. The lowest BCUT2D eigenvalue weighted by molar-refractivity contribution is -0.129. The highest BCUT2D eigenvalue weighted by Gasteiger charge is 2.21.